The van der Waals surface area contributed by atoms with Gasteiger partial charge in [-0.25, -0.2) is 0 Å². The second-order valence-corrected chi connectivity index (χ2v) is 4.38. The fraction of sp³-hybridized carbons (Fsp3) is 0.533. The summed E-state index contributed by atoms with van der Waals surface area (Å²) in [4.78, 5) is 11.1. The number of Topliss-reactive ketones (excluding diaryl/α,β-unsaturated/α-hetero) is 1. The summed E-state index contributed by atoms with van der Waals surface area (Å²) in [6.07, 6.45) is 4.01. The molecule has 1 rings (SSSR count). The van der Waals surface area contributed by atoms with Crippen molar-refractivity contribution in [2.75, 3.05) is 13.2 Å². The van der Waals surface area contributed by atoms with Crippen LogP contribution in [0.15, 0.2) is 24.3 Å². The number of hydrogen-bond acceptors (Lipinski definition) is 3. The molecule has 0 saturated heterocycles. The molecule has 0 heterocycles. The second kappa shape index (κ2) is 8.70. The first-order valence-corrected chi connectivity index (χ1v) is 6.69. The Labute approximate surface area is 109 Å². The lowest BCUT2D eigenvalue weighted by molar-refractivity contribution is -0.118. The zero-order chi connectivity index (χ0) is 13.2. The SMILES string of the molecule is CCC(=O)CCCOc1cccc(CCCN)c1. The van der Waals surface area contributed by atoms with E-state index in [4.69, 9.17) is 10.5 Å². The average molecular weight is 249 g/mol. The number of aryl methyl sites for hydroxylation is 1. The monoisotopic (exact) mass is 249 g/mol. The number of benzene rings is 1. The van der Waals surface area contributed by atoms with E-state index in [2.05, 4.69) is 12.1 Å². The molecule has 0 atom stereocenters. The predicted molar refractivity (Wildman–Crippen MR) is 73.8 cm³/mol. The highest BCUT2D eigenvalue weighted by Crippen LogP contribution is 2.15. The van der Waals surface area contributed by atoms with E-state index in [1.807, 2.05) is 19.1 Å². The van der Waals surface area contributed by atoms with Gasteiger partial charge in [0.25, 0.3) is 0 Å². The number of ether oxygens (including phenoxy) is 1. The number of nitrogens with two attached hydrogens (primary N) is 1. The summed E-state index contributed by atoms with van der Waals surface area (Å²) < 4.78 is 5.64. The Morgan fingerprint density at radius 3 is 2.89 bits per heavy atom. The molecule has 3 nitrogen and oxygen atoms in total. The first-order chi connectivity index (χ1) is 8.76. The lowest BCUT2D eigenvalue weighted by Gasteiger charge is -2.07. The minimum absolute atomic E-state index is 0.301. The molecule has 2 N–H and O–H groups in total. The predicted octanol–water partition coefficient (Wildman–Crippen LogP) is 2.72. The Kier molecular flexibility index (Phi) is 7.11. The molecule has 0 aliphatic heterocycles. The van der Waals surface area contributed by atoms with Crippen LogP contribution < -0.4 is 10.5 Å². The van der Waals surface area contributed by atoms with Gasteiger partial charge < -0.3 is 10.5 Å². The Hall–Kier alpha value is -1.35. The lowest BCUT2D eigenvalue weighted by Crippen LogP contribution is -2.03. The first kappa shape index (κ1) is 14.7. The van der Waals surface area contributed by atoms with Gasteiger partial charge in [-0.2, -0.15) is 0 Å². The van der Waals surface area contributed by atoms with Crippen molar-refractivity contribution >= 4 is 5.78 Å². The molecule has 18 heavy (non-hydrogen) atoms. The zero-order valence-electron chi connectivity index (χ0n) is 11.2. The van der Waals surface area contributed by atoms with Gasteiger partial charge in [0, 0.05) is 12.8 Å². The standard InChI is InChI=1S/C15H23NO2/c1-2-14(17)8-5-11-18-15-9-3-6-13(12-15)7-4-10-16/h3,6,9,12H,2,4-5,7-8,10-11,16H2,1H3. The Bertz CT molecular complexity index is 363. The number of carbonyl (C=O) groups is 1. The summed E-state index contributed by atoms with van der Waals surface area (Å²) in [6, 6.07) is 8.09. The van der Waals surface area contributed by atoms with Crippen LogP contribution in [0, 0.1) is 0 Å². The largest absolute Gasteiger partial charge is 0.494 e. The molecule has 0 fully saturated rings. The van der Waals surface area contributed by atoms with Gasteiger partial charge in [-0.1, -0.05) is 19.1 Å². The lowest BCUT2D eigenvalue weighted by atomic mass is 10.1. The van der Waals surface area contributed by atoms with Gasteiger partial charge in [0.1, 0.15) is 11.5 Å². The fourth-order valence-electron chi connectivity index (χ4n) is 1.73. The quantitative estimate of drug-likeness (QED) is 0.685. The summed E-state index contributed by atoms with van der Waals surface area (Å²) in [6.45, 7) is 3.21. The molecular weight excluding hydrogens is 226 g/mol. The van der Waals surface area contributed by atoms with E-state index < -0.39 is 0 Å². The molecule has 0 saturated carbocycles. The third-order valence-corrected chi connectivity index (χ3v) is 2.83. The van der Waals surface area contributed by atoms with Crippen molar-refractivity contribution in [1.82, 2.24) is 0 Å². The molecule has 0 aliphatic carbocycles. The molecule has 0 bridgehead atoms. The van der Waals surface area contributed by atoms with Crippen molar-refractivity contribution in [3.63, 3.8) is 0 Å². The van der Waals surface area contributed by atoms with Crippen LogP contribution in [0.5, 0.6) is 5.75 Å². The van der Waals surface area contributed by atoms with Crippen LogP contribution in [-0.4, -0.2) is 18.9 Å². The van der Waals surface area contributed by atoms with Gasteiger partial charge in [-0.3, -0.25) is 4.79 Å². The van der Waals surface area contributed by atoms with Crippen LogP contribution >= 0.6 is 0 Å². The topological polar surface area (TPSA) is 52.3 Å². The number of rotatable bonds is 9. The van der Waals surface area contributed by atoms with E-state index in [1.54, 1.807) is 0 Å². The second-order valence-electron chi connectivity index (χ2n) is 4.38. The van der Waals surface area contributed by atoms with Crippen LogP contribution in [-0.2, 0) is 11.2 Å². The minimum atomic E-state index is 0.301. The first-order valence-electron chi connectivity index (χ1n) is 6.69. The van der Waals surface area contributed by atoms with E-state index in [9.17, 15) is 4.79 Å². The molecule has 0 spiro atoms. The highest BCUT2D eigenvalue weighted by molar-refractivity contribution is 5.77. The Balaban J connectivity index is 2.31. The van der Waals surface area contributed by atoms with Crippen LogP contribution in [0.3, 0.4) is 0 Å². The highest BCUT2D eigenvalue weighted by Gasteiger charge is 2.00. The normalized spacial score (nSPS) is 10.3. The van der Waals surface area contributed by atoms with Crippen LogP contribution in [0.25, 0.3) is 0 Å². The van der Waals surface area contributed by atoms with Gasteiger partial charge in [0.15, 0.2) is 0 Å². The van der Waals surface area contributed by atoms with E-state index in [0.717, 1.165) is 25.0 Å². The smallest absolute Gasteiger partial charge is 0.132 e. The highest BCUT2D eigenvalue weighted by atomic mass is 16.5. The molecule has 0 amide bonds. The van der Waals surface area contributed by atoms with Crippen molar-refractivity contribution in [1.29, 1.82) is 0 Å². The van der Waals surface area contributed by atoms with Crippen molar-refractivity contribution < 1.29 is 9.53 Å². The molecule has 0 radical (unpaired) electrons. The molecule has 1 aromatic carbocycles. The molecule has 0 aliphatic rings. The Morgan fingerprint density at radius 2 is 2.17 bits per heavy atom. The fourth-order valence-corrected chi connectivity index (χ4v) is 1.73. The van der Waals surface area contributed by atoms with E-state index >= 15 is 0 Å². The zero-order valence-corrected chi connectivity index (χ0v) is 11.2. The van der Waals surface area contributed by atoms with Gasteiger partial charge in [0.05, 0.1) is 6.61 Å². The number of carbonyl (C=O) groups excluding carboxylic acids is 1. The maximum atomic E-state index is 11.1. The van der Waals surface area contributed by atoms with Crippen molar-refractivity contribution in [2.45, 2.75) is 39.0 Å². The molecule has 100 valence electrons. The maximum absolute atomic E-state index is 11.1. The van der Waals surface area contributed by atoms with Gasteiger partial charge in [0.2, 0.25) is 0 Å². The summed E-state index contributed by atoms with van der Waals surface area (Å²) in [5, 5.41) is 0. The summed E-state index contributed by atoms with van der Waals surface area (Å²) >= 11 is 0. The van der Waals surface area contributed by atoms with Gasteiger partial charge in [-0.15, -0.1) is 0 Å². The van der Waals surface area contributed by atoms with Crippen molar-refractivity contribution in [3.8, 4) is 5.75 Å². The van der Waals surface area contributed by atoms with Crippen molar-refractivity contribution in [3.05, 3.63) is 29.8 Å². The van der Waals surface area contributed by atoms with Crippen molar-refractivity contribution in [2.24, 2.45) is 5.73 Å². The third-order valence-electron chi connectivity index (χ3n) is 2.83. The minimum Gasteiger partial charge on any atom is -0.494 e. The third kappa shape index (κ3) is 5.82. The molecule has 3 heteroatoms. The van der Waals surface area contributed by atoms with Gasteiger partial charge >= 0.3 is 0 Å². The van der Waals surface area contributed by atoms with Crippen LogP contribution in [0.2, 0.25) is 0 Å². The summed E-state index contributed by atoms with van der Waals surface area (Å²) in [5.41, 5.74) is 6.74. The molecule has 0 unspecified atom stereocenters. The molecule has 1 aromatic rings. The number of ketones is 1. The summed E-state index contributed by atoms with van der Waals surface area (Å²) in [5.74, 6) is 1.18. The average Bonchev–Trinajstić information content (AvgIpc) is 2.41. The summed E-state index contributed by atoms with van der Waals surface area (Å²) in [7, 11) is 0. The maximum Gasteiger partial charge on any atom is 0.132 e. The van der Waals surface area contributed by atoms with E-state index in [-0.39, 0.29) is 0 Å². The van der Waals surface area contributed by atoms with Gasteiger partial charge in [-0.05, 0) is 43.5 Å². The van der Waals surface area contributed by atoms with Crippen LogP contribution in [0.1, 0.15) is 38.2 Å². The molecular formula is C15H23NO2. The van der Waals surface area contributed by atoms with E-state index in [0.29, 0.717) is 31.8 Å². The Morgan fingerprint density at radius 1 is 1.33 bits per heavy atom. The molecule has 0 aromatic heterocycles. The van der Waals surface area contributed by atoms with Crippen LogP contribution in [0.4, 0.5) is 0 Å². The van der Waals surface area contributed by atoms with E-state index in [1.165, 1.54) is 5.56 Å². The number of hydrogen-bond donors (Lipinski definition) is 1.